The summed E-state index contributed by atoms with van der Waals surface area (Å²) in [7, 11) is -3.59. The smallest absolute Gasteiger partial charge is 0.308 e. The van der Waals surface area contributed by atoms with Gasteiger partial charge in [0.05, 0.1) is 10.8 Å². The highest BCUT2D eigenvalue weighted by molar-refractivity contribution is 7.93. The fourth-order valence-corrected chi connectivity index (χ4v) is 4.21. The van der Waals surface area contributed by atoms with Crippen LogP contribution in [-0.2, 0) is 14.8 Å². The van der Waals surface area contributed by atoms with Crippen LogP contribution in [-0.4, -0.2) is 31.8 Å². The van der Waals surface area contributed by atoms with E-state index in [9.17, 15) is 18.3 Å². The normalized spacial score (nSPS) is 16.3. The number of rotatable bonds is 3. The first-order valence-electron chi connectivity index (χ1n) is 7.10. The first-order chi connectivity index (χ1) is 11.3. The van der Waals surface area contributed by atoms with Crippen LogP contribution < -0.4 is 9.04 Å². The number of hydrogen-bond acceptors (Lipinski definition) is 6. The molecule has 9 heteroatoms. The van der Waals surface area contributed by atoms with Crippen molar-refractivity contribution in [3.8, 4) is 22.8 Å². The Morgan fingerprint density at radius 1 is 1.38 bits per heavy atom. The number of nitrogens with zero attached hydrogens (tertiary/aromatic N) is 1. The summed E-state index contributed by atoms with van der Waals surface area (Å²) in [5.41, 5.74) is 0.355. The van der Waals surface area contributed by atoms with E-state index < -0.39 is 21.7 Å². The molecule has 0 spiro atoms. The van der Waals surface area contributed by atoms with Crippen LogP contribution in [0.5, 0.6) is 11.5 Å². The van der Waals surface area contributed by atoms with Gasteiger partial charge >= 0.3 is 5.97 Å². The molecule has 0 aliphatic carbocycles. The van der Waals surface area contributed by atoms with Gasteiger partial charge in [0.25, 0.3) is 5.88 Å². The van der Waals surface area contributed by atoms with Crippen LogP contribution in [0.4, 0.5) is 5.88 Å². The molecule has 0 bridgehead atoms. The fourth-order valence-electron chi connectivity index (χ4n) is 2.49. The molecule has 1 aromatic carbocycles. The quantitative estimate of drug-likeness (QED) is 0.833. The summed E-state index contributed by atoms with van der Waals surface area (Å²) < 4.78 is 35.8. The molecule has 3 rings (SSSR count). The average molecular weight is 372 g/mol. The van der Waals surface area contributed by atoms with Crippen LogP contribution in [0.3, 0.4) is 0 Å². The molecule has 0 unspecified atom stereocenters. The SMILES string of the molecule is CC(=O)Oc1c(N2CCCS2(=O)=O)oc(-c2ccccc2Cl)c1O. The van der Waals surface area contributed by atoms with Crippen LogP contribution in [0.15, 0.2) is 28.7 Å². The molecular weight excluding hydrogens is 358 g/mol. The molecule has 1 aromatic heterocycles. The molecule has 0 radical (unpaired) electrons. The summed E-state index contributed by atoms with van der Waals surface area (Å²) in [6.45, 7) is 1.31. The molecule has 7 nitrogen and oxygen atoms in total. The molecule has 1 aliphatic heterocycles. The first-order valence-corrected chi connectivity index (χ1v) is 9.09. The maximum absolute atomic E-state index is 12.1. The number of halogens is 1. The van der Waals surface area contributed by atoms with Crippen molar-refractivity contribution in [3.63, 3.8) is 0 Å². The highest BCUT2D eigenvalue weighted by atomic mass is 35.5. The number of carbonyl (C=O) groups is 1. The topological polar surface area (TPSA) is 97.0 Å². The van der Waals surface area contributed by atoms with Gasteiger partial charge in [0, 0.05) is 19.0 Å². The summed E-state index contributed by atoms with van der Waals surface area (Å²) in [4.78, 5) is 11.3. The van der Waals surface area contributed by atoms with E-state index in [1.807, 2.05) is 0 Å². The second kappa shape index (κ2) is 6.03. The van der Waals surface area contributed by atoms with E-state index in [-0.39, 0.29) is 29.7 Å². The van der Waals surface area contributed by atoms with Gasteiger partial charge in [0.2, 0.25) is 21.5 Å². The Kier molecular flexibility index (Phi) is 4.18. The Labute approximate surface area is 143 Å². The summed E-state index contributed by atoms with van der Waals surface area (Å²) >= 11 is 6.10. The van der Waals surface area contributed by atoms with Crippen molar-refractivity contribution in [1.29, 1.82) is 0 Å². The first kappa shape index (κ1) is 16.7. The molecule has 1 aliphatic rings. The molecule has 0 amide bonds. The maximum Gasteiger partial charge on any atom is 0.308 e. The van der Waals surface area contributed by atoms with Crippen molar-refractivity contribution in [2.75, 3.05) is 16.6 Å². The number of furan rings is 1. The average Bonchev–Trinajstić information content (AvgIpc) is 3.00. The molecule has 2 aromatic rings. The molecule has 24 heavy (non-hydrogen) atoms. The fraction of sp³-hybridized carbons (Fsp3) is 0.267. The Morgan fingerprint density at radius 3 is 2.67 bits per heavy atom. The molecule has 2 heterocycles. The minimum Gasteiger partial charge on any atom is -0.502 e. The molecule has 1 N–H and O–H groups in total. The van der Waals surface area contributed by atoms with E-state index in [0.29, 0.717) is 17.0 Å². The predicted octanol–water partition coefficient (Wildman–Crippen LogP) is 2.77. The standard InChI is InChI=1S/C15H14ClNO6S/c1-9(18)22-14-12(19)13(10-5-2-3-6-11(10)16)23-15(14)17-7-4-8-24(17,20)21/h2-3,5-6,19H,4,7-8H2,1H3. The van der Waals surface area contributed by atoms with Gasteiger partial charge in [-0.05, 0) is 18.6 Å². The molecule has 0 saturated carbocycles. The Bertz CT molecular complexity index is 905. The monoisotopic (exact) mass is 371 g/mol. The number of sulfonamides is 1. The van der Waals surface area contributed by atoms with Crippen molar-refractivity contribution in [2.45, 2.75) is 13.3 Å². The predicted molar refractivity (Wildman–Crippen MR) is 87.9 cm³/mol. The lowest BCUT2D eigenvalue weighted by molar-refractivity contribution is -0.132. The lowest BCUT2D eigenvalue weighted by Gasteiger charge is -2.14. The number of aromatic hydroxyl groups is 1. The zero-order valence-corrected chi connectivity index (χ0v) is 14.2. The van der Waals surface area contributed by atoms with Crippen LogP contribution in [0.25, 0.3) is 11.3 Å². The van der Waals surface area contributed by atoms with E-state index >= 15 is 0 Å². The van der Waals surface area contributed by atoms with E-state index in [4.69, 9.17) is 20.8 Å². The highest BCUT2D eigenvalue weighted by Crippen LogP contribution is 2.50. The van der Waals surface area contributed by atoms with Crippen LogP contribution in [0, 0.1) is 0 Å². The Morgan fingerprint density at radius 2 is 2.08 bits per heavy atom. The minimum absolute atomic E-state index is 0.0462. The summed E-state index contributed by atoms with van der Waals surface area (Å²) in [5.74, 6) is -1.85. The van der Waals surface area contributed by atoms with Crippen molar-refractivity contribution in [2.24, 2.45) is 0 Å². The number of anilines is 1. The number of carbonyl (C=O) groups excluding carboxylic acids is 1. The molecule has 0 atom stereocenters. The van der Waals surface area contributed by atoms with Gasteiger partial charge in [0.15, 0.2) is 5.76 Å². The number of esters is 1. The molecule has 128 valence electrons. The summed E-state index contributed by atoms with van der Waals surface area (Å²) in [6, 6.07) is 6.57. The van der Waals surface area contributed by atoms with Crippen molar-refractivity contribution in [3.05, 3.63) is 29.3 Å². The van der Waals surface area contributed by atoms with Gasteiger partial charge in [-0.2, -0.15) is 0 Å². The van der Waals surface area contributed by atoms with Gasteiger partial charge in [-0.15, -0.1) is 0 Å². The van der Waals surface area contributed by atoms with Crippen molar-refractivity contribution < 1.29 is 27.5 Å². The van der Waals surface area contributed by atoms with Gasteiger partial charge in [0.1, 0.15) is 0 Å². The Hall–Kier alpha value is -2.19. The third kappa shape index (κ3) is 2.83. The van der Waals surface area contributed by atoms with E-state index in [1.165, 1.54) is 0 Å². The number of hydrogen-bond donors (Lipinski definition) is 1. The summed E-state index contributed by atoms with van der Waals surface area (Å²) in [6.07, 6.45) is 0.407. The van der Waals surface area contributed by atoms with Crippen LogP contribution in [0.2, 0.25) is 5.02 Å². The van der Waals surface area contributed by atoms with E-state index in [0.717, 1.165) is 11.2 Å². The highest BCUT2D eigenvalue weighted by Gasteiger charge is 2.37. The van der Waals surface area contributed by atoms with Gasteiger partial charge in [-0.25, -0.2) is 12.7 Å². The van der Waals surface area contributed by atoms with E-state index in [2.05, 4.69) is 0 Å². The molecule has 1 saturated heterocycles. The zero-order chi connectivity index (χ0) is 17.5. The zero-order valence-electron chi connectivity index (χ0n) is 12.7. The van der Waals surface area contributed by atoms with Gasteiger partial charge < -0.3 is 14.3 Å². The van der Waals surface area contributed by atoms with Crippen molar-refractivity contribution >= 4 is 33.5 Å². The lowest BCUT2D eigenvalue weighted by atomic mass is 10.1. The van der Waals surface area contributed by atoms with Gasteiger partial charge in [-0.1, -0.05) is 23.7 Å². The number of benzene rings is 1. The lowest BCUT2D eigenvalue weighted by Crippen LogP contribution is -2.25. The molecule has 1 fully saturated rings. The van der Waals surface area contributed by atoms with Gasteiger partial charge in [-0.3, -0.25) is 4.79 Å². The molecular formula is C15H14ClNO6S. The third-order valence-electron chi connectivity index (χ3n) is 3.51. The van der Waals surface area contributed by atoms with Crippen LogP contribution >= 0.6 is 11.6 Å². The third-order valence-corrected chi connectivity index (χ3v) is 5.67. The second-order valence-electron chi connectivity index (χ2n) is 5.23. The van der Waals surface area contributed by atoms with Crippen LogP contribution in [0.1, 0.15) is 13.3 Å². The second-order valence-corrected chi connectivity index (χ2v) is 7.65. The maximum atomic E-state index is 12.1. The van der Waals surface area contributed by atoms with E-state index in [1.54, 1.807) is 24.3 Å². The minimum atomic E-state index is -3.59. The summed E-state index contributed by atoms with van der Waals surface area (Å²) in [5, 5.41) is 10.7. The van der Waals surface area contributed by atoms with Crippen molar-refractivity contribution in [1.82, 2.24) is 0 Å². The number of ether oxygens (including phenoxy) is 1. The largest absolute Gasteiger partial charge is 0.502 e. The Balaban J connectivity index is 2.20.